The molecule has 4 heteroatoms. The summed E-state index contributed by atoms with van der Waals surface area (Å²) < 4.78 is 0. The minimum atomic E-state index is 0.504. The lowest BCUT2D eigenvalue weighted by Gasteiger charge is -2.09. The van der Waals surface area contributed by atoms with Gasteiger partial charge >= 0.3 is 0 Å². The SMILES string of the molecule is CC/C(=C\c1c(-c2ccccc2N)c[nH]c1C)c1ccc(Cl)nc1. The molecular weight excluding hydrogens is 318 g/mol. The fourth-order valence-electron chi connectivity index (χ4n) is 2.82. The largest absolute Gasteiger partial charge is 0.398 e. The summed E-state index contributed by atoms with van der Waals surface area (Å²) in [7, 11) is 0. The average Bonchev–Trinajstić information content (AvgIpc) is 2.94. The average molecular weight is 338 g/mol. The minimum absolute atomic E-state index is 0.504. The van der Waals surface area contributed by atoms with Crippen molar-refractivity contribution in [3.63, 3.8) is 0 Å². The Balaban J connectivity index is 2.11. The molecule has 0 saturated carbocycles. The maximum atomic E-state index is 6.16. The lowest BCUT2D eigenvalue weighted by atomic mass is 9.97. The van der Waals surface area contributed by atoms with E-state index in [0.29, 0.717) is 5.15 Å². The van der Waals surface area contributed by atoms with E-state index in [9.17, 15) is 0 Å². The molecule has 0 fully saturated rings. The van der Waals surface area contributed by atoms with E-state index in [2.05, 4.69) is 29.9 Å². The molecule has 24 heavy (non-hydrogen) atoms. The predicted octanol–water partition coefficient (Wildman–Crippen LogP) is 5.57. The van der Waals surface area contributed by atoms with Gasteiger partial charge in [-0.1, -0.05) is 42.8 Å². The van der Waals surface area contributed by atoms with E-state index in [0.717, 1.165) is 40.1 Å². The van der Waals surface area contributed by atoms with E-state index in [4.69, 9.17) is 17.3 Å². The molecule has 3 N–H and O–H groups in total. The molecule has 2 heterocycles. The lowest BCUT2D eigenvalue weighted by Crippen LogP contribution is -1.91. The molecule has 0 radical (unpaired) electrons. The molecule has 122 valence electrons. The summed E-state index contributed by atoms with van der Waals surface area (Å²) >= 11 is 5.90. The van der Waals surface area contributed by atoms with Crippen LogP contribution in [0.15, 0.2) is 48.8 Å². The highest BCUT2D eigenvalue weighted by Crippen LogP contribution is 2.33. The van der Waals surface area contributed by atoms with Gasteiger partial charge < -0.3 is 10.7 Å². The summed E-state index contributed by atoms with van der Waals surface area (Å²) in [5, 5.41) is 0.504. The third-order valence-corrected chi connectivity index (χ3v) is 4.40. The molecule has 0 bridgehead atoms. The lowest BCUT2D eigenvalue weighted by molar-refractivity contribution is 1.22. The van der Waals surface area contributed by atoms with Crippen molar-refractivity contribution in [1.29, 1.82) is 0 Å². The van der Waals surface area contributed by atoms with Crippen LogP contribution >= 0.6 is 11.6 Å². The van der Waals surface area contributed by atoms with Crippen LogP contribution in [-0.4, -0.2) is 9.97 Å². The fourth-order valence-corrected chi connectivity index (χ4v) is 2.93. The van der Waals surface area contributed by atoms with E-state index in [1.54, 1.807) is 0 Å². The molecule has 0 unspecified atom stereocenters. The van der Waals surface area contributed by atoms with E-state index >= 15 is 0 Å². The van der Waals surface area contributed by atoms with Crippen LogP contribution < -0.4 is 5.73 Å². The number of nitrogens with two attached hydrogens (primary N) is 1. The van der Waals surface area contributed by atoms with Crippen molar-refractivity contribution in [3.8, 4) is 11.1 Å². The Bertz CT molecular complexity index is 876. The van der Waals surface area contributed by atoms with E-state index in [1.165, 1.54) is 5.57 Å². The van der Waals surface area contributed by atoms with Crippen molar-refractivity contribution in [2.75, 3.05) is 5.73 Å². The second-order valence-corrected chi connectivity index (χ2v) is 6.11. The zero-order chi connectivity index (χ0) is 17.1. The summed E-state index contributed by atoms with van der Waals surface area (Å²) in [6.07, 6.45) is 6.94. The van der Waals surface area contributed by atoms with Gasteiger partial charge in [0.2, 0.25) is 0 Å². The number of allylic oxidation sites excluding steroid dienone is 1. The molecule has 2 aromatic heterocycles. The monoisotopic (exact) mass is 337 g/mol. The van der Waals surface area contributed by atoms with Gasteiger partial charge in [0.15, 0.2) is 0 Å². The van der Waals surface area contributed by atoms with Gasteiger partial charge in [-0.15, -0.1) is 0 Å². The van der Waals surface area contributed by atoms with Crippen molar-refractivity contribution < 1.29 is 0 Å². The first-order valence-corrected chi connectivity index (χ1v) is 8.33. The molecule has 0 amide bonds. The third-order valence-electron chi connectivity index (χ3n) is 4.18. The van der Waals surface area contributed by atoms with Crippen molar-refractivity contribution in [2.45, 2.75) is 20.3 Å². The van der Waals surface area contributed by atoms with Crippen molar-refractivity contribution in [2.24, 2.45) is 0 Å². The second-order valence-electron chi connectivity index (χ2n) is 5.72. The van der Waals surface area contributed by atoms with Gasteiger partial charge in [-0.05, 0) is 42.7 Å². The molecular formula is C20H20ClN3. The molecule has 3 nitrogen and oxygen atoms in total. The zero-order valence-electron chi connectivity index (χ0n) is 13.8. The number of anilines is 1. The van der Waals surface area contributed by atoms with E-state index in [1.807, 2.05) is 48.8 Å². The first-order chi connectivity index (χ1) is 11.6. The number of pyridine rings is 1. The number of aromatic nitrogens is 2. The summed E-state index contributed by atoms with van der Waals surface area (Å²) in [6.45, 7) is 4.21. The number of nitrogens with zero attached hydrogens (tertiary/aromatic N) is 1. The van der Waals surface area contributed by atoms with Crippen LogP contribution in [0.4, 0.5) is 5.69 Å². The Hall–Kier alpha value is -2.52. The van der Waals surface area contributed by atoms with Crippen LogP contribution in [0.3, 0.4) is 0 Å². The van der Waals surface area contributed by atoms with Gasteiger partial charge in [0.1, 0.15) is 5.15 Å². The standard InChI is InChI=1S/C20H20ClN3/c1-3-14(15-8-9-20(21)24-11-15)10-17-13(2)23-12-18(17)16-6-4-5-7-19(16)22/h4-12,23H,3,22H2,1-2H3/b14-10+. The summed E-state index contributed by atoms with van der Waals surface area (Å²) in [6, 6.07) is 11.7. The first-order valence-electron chi connectivity index (χ1n) is 7.95. The molecule has 0 aliphatic carbocycles. The van der Waals surface area contributed by atoms with Crippen LogP contribution in [0.2, 0.25) is 5.15 Å². The van der Waals surface area contributed by atoms with E-state index < -0.39 is 0 Å². The smallest absolute Gasteiger partial charge is 0.129 e. The van der Waals surface area contributed by atoms with Crippen LogP contribution in [0, 0.1) is 6.92 Å². The Kier molecular flexibility index (Phi) is 4.72. The molecule has 0 aliphatic heterocycles. The number of hydrogen-bond acceptors (Lipinski definition) is 2. The molecule has 3 aromatic rings. The number of rotatable bonds is 4. The Morgan fingerprint density at radius 3 is 2.67 bits per heavy atom. The Morgan fingerprint density at radius 2 is 2.00 bits per heavy atom. The van der Waals surface area contributed by atoms with Crippen molar-refractivity contribution in [3.05, 3.63) is 70.8 Å². The number of aromatic amines is 1. The number of para-hydroxylation sites is 1. The van der Waals surface area contributed by atoms with Crippen molar-refractivity contribution in [1.82, 2.24) is 9.97 Å². The number of benzene rings is 1. The minimum Gasteiger partial charge on any atom is -0.398 e. The van der Waals surface area contributed by atoms with Crippen LogP contribution in [0.1, 0.15) is 30.2 Å². The molecule has 0 saturated heterocycles. The normalized spacial score (nSPS) is 11.7. The fraction of sp³-hybridized carbons (Fsp3) is 0.150. The zero-order valence-corrected chi connectivity index (χ0v) is 14.6. The highest BCUT2D eigenvalue weighted by molar-refractivity contribution is 6.29. The van der Waals surface area contributed by atoms with Gasteiger partial charge in [-0.3, -0.25) is 0 Å². The molecule has 0 spiro atoms. The Morgan fingerprint density at radius 1 is 1.21 bits per heavy atom. The van der Waals surface area contributed by atoms with Crippen LogP contribution in [0.25, 0.3) is 22.8 Å². The van der Waals surface area contributed by atoms with Gasteiger partial charge in [0, 0.05) is 40.5 Å². The quantitative estimate of drug-likeness (QED) is 0.483. The third kappa shape index (κ3) is 3.22. The molecule has 0 atom stereocenters. The first kappa shape index (κ1) is 16.3. The van der Waals surface area contributed by atoms with Gasteiger partial charge in [-0.2, -0.15) is 0 Å². The molecule has 0 aliphatic rings. The van der Waals surface area contributed by atoms with Gasteiger partial charge in [-0.25, -0.2) is 4.98 Å². The maximum absolute atomic E-state index is 6.16. The van der Waals surface area contributed by atoms with Crippen LogP contribution in [0.5, 0.6) is 0 Å². The van der Waals surface area contributed by atoms with E-state index in [-0.39, 0.29) is 0 Å². The second kappa shape index (κ2) is 6.93. The molecule has 1 aromatic carbocycles. The molecule has 3 rings (SSSR count). The summed E-state index contributed by atoms with van der Waals surface area (Å²) in [5.74, 6) is 0. The maximum Gasteiger partial charge on any atom is 0.129 e. The number of nitrogen functional groups attached to an aromatic ring is 1. The van der Waals surface area contributed by atoms with Crippen LogP contribution in [-0.2, 0) is 0 Å². The number of halogens is 1. The highest BCUT2D eigenvalue weighted by Gasteiger charge is 2.12. The highest BCUT2D eigenvalue weighted by atomic mass is 35.5. The van der Waals surface area contributed by atoms with Gasteiger partial charge in [0.05, 0.1) is 0 Å². The Labute approximate surface area is 147 Å². The van der Waals surface area contributed by atoms with Crippen molar-refractivity contribution >= 4 is 28.9 Å². The summed E-state index contributed by atoms with van der Waals surface area (Å²) in [4.78, 5) is 7.51. The predicted molar refractivity (Wildman–Crippen MR) is 103 cm³/mol. The number of H-pyrrole nitrogens is 1. The summed E-state index contributed by atoms with van der Waals surface area (Å²) in [5.41, 5.74) is 13.6. The number of aryl methyl sites for hydroxylation is 1. The van der Waals surface area contributed by atoms with Gasteiger partial charge in [0.25, 0.3) is 0 Å². The topological polar surface area (TPSA) is 54.7 Å². The number of nitrogens with one attached hydrogen (secondary N) is 1. The number of hydrogen-bond donors (Lipinski definition) is 2.